The first kappa shape index (κ1) is 14.7. The van der Waals surface area contributed by atoms with Crippen molar-refractivity contribution in [3.63, 3.8) is 0 Å². The van der Waals surface area contributed by atoms with Gasteiger partial charge in [0.1, 0.15) is 0 Å². The van der Waals surface area contributed by atoms with E-state index in [-0.39, 0.29) is 0 Å². The number of aryl methyl sites for hydroxylation is 1. The van der Waals surface area contributed by atoms with Crippen LogP contribution < -0.4 is 0 Å². The van der Waals surface area contributed by atoms with Crippen molar-refractivity contribution in [2.75, 3.05) is 0 Å². The molecule has 0 radical (unpaired) electrons. The molecule has 2 atom stereocenters. The summed E-state index contributed by atoms with van der Waals surface area (Å²) in [7, 11) is 0. The molecule has 118 valence electrons. The van der Waals surface area contributed by atoms with E-state index in [1.54, 1.807) is 5.57 Å². The molecular formula is C22H25N. The maximum absolute atomic E-state index is 2.73. The van der Waals surface area contributed by atoms with E-state index in [1.165, 1.54) is 42.4 Å². The predicted molar refractivity (Wildman–Crippen MR) is 97.2 cm³/mol. The normalized spacial score (nSPS) is 24.3. The van der Waals surface area contributed by atoms with E-state index in [9.17, 15) is 0 Å². The van der Waals surface area contributed by atoms with Gasteiger partial charge in [-0.1, -0.05) is 72.7 Å². The largest absolute Gasteiger partial charge is 0.289 e. The lowest BCUT2D eigenvalue weighted by molar-refractivity contribution is 0.0951. The number of rotatable bonds is 3. The van der Waals surface area contributed by atoms with Gasteiger partial charge in [0, 0.05) is 18.6 Å². The second-order valence-corrected chi connectivity index (χ2v) is 7.08. The second kappa shape index (κ2) is 6.33. The van der Waals surface area contributed by atoms with Crippen LogP contribution in [0.1, 0.15) is 42.4 Å². The third kappa shape index (κ3) is 3.11. The van der Waals surface area contributed by atoms with Crippen molar-refractivity contribution in [2.24, 2.45) is 0 Å². The molecule has 0 amide bonds. The van der Waals surface area contributed by atoms with Gasteiger partial charge in [0.15, 0.2) is 0 Å². The first-order valence-electron chi connectivity index (χ1n) is 8.87. The van der Waals surface area contributed by atoms with E-state index in [2.05, 4.69) is 72.5 Å². The molecule has 4 rings (SSSR count). The Morgan fingerprint density at radius 1 is 1.00 bits per heavy atom. The Morgan fingerprint density at radius 3 is 2.65 bits per heavy atom. The topological polar surface area (TPSA) is 3.24 Å². The molecule has 0 aromatic heterocycles. The average molecular weight is 303 g/mol. The van der Waals surface area contributed by atoms with Gasteiger partial charge in [-0.3, -0.25) is 4.90 Å². The zero-order chi connectivity index (χ0) is 15.6. The molecule has 2 aliphatic heterocycles. The number of hydrogen-bond donors (Lipinski definition) is 0. The second-order valence-electron chi connectivity index (χ2n) is 7.08. The molecule has 1 nitrogen and oxygen atoms in total. The first-order valence-corrected chi connectivity index (χ1v) is 8.87. The molecule has 23 heavy (non-hydrogen) atoms. The maximum atomic E-state index is 2.73. The van der Waals surface area contributed by atoms with Gasteiger partial charge in [-0.05, 0) is 42.9 Å². The van der Waals surface area contributed by atoms with Crippen LogP contribution in [0.15, 0.2) is 60.7 Å². The van der Waals surface area contributed by atoms with Crippen molar-refractivity contribution in [1.29, 1.82) is 0 Å². The Morgan fingerprint density at radius 2 is 1.87 bits per heavy atom. The van der Waals surface area contributed by atoms with Crippen molar-refractivity contribution < 1.29 is 0 Å². The lowest BCUT2D eigenvalue weighted by Crippen LogP contribution is -2.47. The Hall–Kier alpha value is -1.86. The number of benzene rings is 2. The van der Waals surface area contributed by atoms with Gasteiger partial charge in [-0.25, -0.2) is 0 Å². The molecule has 1 fully saturated rings. The summed E-state index contributed by atoms with van der Waals surface area (Å²) >= 11 is 0. The SMILES string of the molecule is Cc1cccc(C2=CC3CCCC(C2)N3Cc2ccccc2)c1. The molecule has 2 aliphatic rings. The molecule has 0 aliphatic carbocycles. The smallest absolute Gasteiger partial charge is 0.0290 e. The summed E-state index contributed by atoms with van der Waals surface area (Å²) in [6.45, 7) is 3.28. The highest BCUT2D eigenvalue weighted by molar-refractivity contribution is 5.68. The maximum Gasteiger partial charge on any atom is 0.0290 e. The average Bonchev–Trinajstić information content (AvgIpc) is 2.55. The quantitative estimate of drug-likeness (QED) is 0.753. The first-order chi connectivity index (χ1) is 11.3. The summed E-state index contributed by atoms with van der Waals surface area (Å²) in [4.78, 5) is 2.73. The Bertz CT molecular complexity index is 701. The number of piperidine rings is 1. The van der Waals surface area contributed by atoms with Crippen molar-refractivity contribution >= 4 is 5.57 Å². The van der Waals surface area contributed by atoms with Gasteiger partial charge in [-0.15, -0.1) is 0 Å². The van der Waals surface area contributed by atoms with Crippen LogP contribution >= 0.6 is 0 Å². The lowest BCUT2D eigenvalue weighted by atomic mass is 9.82. The molecule has 0 spiro atoms. The minimum absolute atomic E-state index is 0.609. The molecule has 2 bridgehead atoms. The minimum Gasteiger partial charge on any atom is -0.289 e. The van der Waals surface area contributed by atoms with Gasteiger partial charge in [0.05, 0.1) is 0 Å². The van der Waals surface area contributed by atoms with Crippen molar-refractivity contribution in [3.8, 4) is 0 Å². The van der Waals surface area contributed by atoms with E-state index < -0.39 is 0 Å². The van der Waals surface area contributed by atoms with Gasteiger partial charge in [-0.2, -0.15) is 0 Å². The van der Waals surface area contributed by atoms with Crippen LogP contribution in [-0.2, 0) is 6.54 Å². The van der Waals surface area contributed by atoms with Crippen LogP contribution in [0.4, 0.5) is 0 Å². The third-order valence-corrected chi connectivity index (χ3v) is 5.38. The highest BCUT2D eigenvalue weighted by Gasteiger charge is 2.33. The molecule has 0 saturated carbocycles. The van der Waals surface area contributed by atoms with Crippen LogP contribution in [0.3, 0.4) is 0 Å². The molecule has 1 saturated heterocycles. The van der Waals surface area contributed by atoms with E-state index in [0.717, 1.165) is 6.54 Å². The van der Waals surface area contributed by atoms with Crippen LogP contribution in [-0.4, -0.2) is 17.0 Å². The zero-order valence-electron chi connectivity index (χ0n) is 13.9. The van der Waals surface area contributed by atoms with Crippen molar-refractivity contribution in [3.05, 3.63) is 77.4 Å². The van der Waals surface area contributed by atoms with Gasteiger partial charge in [0.2, 0.25) is 0 Å². The van der Waals surface area contributed by atoms with Crippen LogP contribution in [0.2, 0.25) is 0 Å². The van der Waals surface area contributed by atoms with E-state index in [1.807, 2.05) is 0 Å². The summed E-state index contributed by atoms with van der Waals surface area (Å²) in [6, 6.07) is 21.3. The van der Waals surface area contributed by atoms with Crippen molar-refractivity contribution in [1.82, 2.24) is 4.90 Å². The molecule has 2 unspecified atom stereocenters. The summed E-state index contributed by atoms with van der Waals surface area (Å²) < 4.78 is 0. The van der Waals surface area contributed by atoms with E-state index >= 15 is 0 Å². The fraction of sp³-hybridized carbons (Fsp3) is 0.364. The van der Waals surface area contributed by atoms with Gasteiger partial charge < -0.3 is 0 Å². The van der Waals surface area contributed by atoms with Crippen LogP contribution in [0.25, 0.3) is 5.57 Å². The molecular weight excluding hydrogens is 278 g/mol. The fourth-order valence-corrected chi connectivity index (χ4v) is 4.22. The minimum atomic E-state index is 0.609. The number of fused-ring (bicyclic) bond motifs is 2. The summed E-state index contributed by atoms with van der Waals surface area (Å²) in [6.07, 6.45) is 7.77. The van der Waals surface area contributed by atoms with Crippen molar-refractivity contribution in [2.45, 2.75) is 51.2 Å². The highest BCUT2D eigenvalue weighted by atomic mass is 15.2. The standard InChI is InChI=1S/C22H25N/c1-17-7-5-10-19(13-17)20-14-21-11-6-12-22(15-20)23(21)16-18-8-3-2-4-9-18/h2-5,7-10,13-14,21-22H,6,11-12,15-16H2,1H3. The summed E-state index contributed by atoms with van der Waals surface area (Å²) in [5, 5.41) is 0. The van der Waals surface area contributed by atoms with E-state index in [0.29, 0.717) is 12.1 Å². The Kier molecular flexibility index (Phi) is 4.05. The van der Waals surface area contributed by atoms with Crippen LogP contribution in [0, 0.1) is 6.92 Å². The van der Waals surface area contributed by atoms with Gasteiger partial charge >= 0.3 is 0 Å². The third-order valence-electron chi connectivity index (χ3n) is 5.38. The molecule has 1 heteroatoms. The number of hydrogen-bond acceptors (Lipinski definition) is 1. The molecule has 2 heterocycles. The van der Waals surface area contributed by atoms with Gasteiger partial charge in [0.25, 0.3) is 0 Å². The molecule has 2 aromatic rings. The predicted octanol–water partition coefficient (Wildman–Crippen LogP) is 5.21. The highest BCUT2D eigenvalue weighted by Crippen LogP contribution is 2.38. The zero-order valence-corrected chi connectivity index (χ0v) is 13.9. The van der Waals surface area contributed by atoms with Crippen LogP contribution in [0.5, 0.6) is 0 Å². The lowest BCUT2D eigenvalue weighted by Gasteiger charge is -2.45. The number of nitrogens with zero attached hydrogens (tertiary/aromatic N) is 1. The van der Waals surface area contributed by atoms with E-state index in [4.69, 9.17) is 0 Å². The monoisotopic (exact) mass is 303 g/mol. The molecule has 0 N–H and O–H groups in total. The summed E-state index contributed by atoms with van der Waals surface area (Å²) in [5.41, 5.74) is 5.80. The molecule has 2 aromatic carbocycles. The Labute approximate surface area is 139 Å². The Balaban J connectivity index is 1.60. The summed E-state index contributed by atoms with van der Waals surface area (Å²) in [5.74, 6) is 0. The fourth-order valence-electron chi connectivity index (χ4n) is 4.22.